The SMILES string of the molecule is CCCNC(CC(C)CC)c1ccncc1Cl. The smallest absolute Gasteiger partial charge is 0.0637 e. The van der Waals surface area contributed by atoms with E-state index in [1.54, 1.807) is 6.20 Å². The molecule has 0 fully saturated rings. The summed E-state index contributed by atoms with van der Waals surface area (Å²) in [6.07, 6.45) is 7.01. The Morgan fingerprint density at radius 3 is 2.76 bits per heavy atom. The summed E-state index contributed by atoms with van der Waals surface area (Å²) in [5.74, 6) is 0.702. The summed E-state index contributed by atoms with van der Waals surface area (Å²) in [6.45, 7) is 7.73. The molecule has 2 unspecified atom stereocenters. The van der Waals surface area contributed by atoms with Gasteiger partial charge in [0.1, 0.15) is 0 Å². The number of aromatic nitrogens is 1. The summed E-state index contributed by atoms with van der Waals surface area (Å²) in [5.41, 5.74) is 1.18. The van der Waals surface area contributed by atoms with Crippen molar-refractivity contribution in [2.75, 3.05) is 6.54 Å². The molecule has 3 heteroatoms. The van der Waals surface area contributed by atoms with Crippen LogP contribution in [0.1, 0.15) is 51.6 Å². The molecule has 0 bridgehead atoms. The second-order valence-corrected chi connectivity index (χ2v) is 5.06. The molecule has 0 spiro atoms. The van der Waals surface area contributed by atoms with E-state index in [2.05, 4.69) is 31.1 Å². The first-order chi connectivity index (χ1) is 8.19. The zero-order valence-corrected chi connectivity index (χ0v) is 11.8. The second kappa shape index (κ2) is 7.67. The fourth-order valence-corrected chi connectivity index (χ4v) is 2.13. The largest absolute Gasteiger partial charge is 0.310 e. The zero-order valence-electron chi connectivity index (χ0n) is 11.0. The highest BCUT2D eigenvalue weighted by atomic mass is 35.5. The molecular weight excluding hydrogens is 232 g/mol. The van der Waals surface area contributed by atoms with Crippen LogP contribution in [0, 0.1) is 5.92 Å². The van der Waals surface area contributed by atoms with Crippen molar-refractivity contribution < 1.29 is 0 Å². The molecule has 1 rings (SSSR count). The van der Waals surface area contributed by atoms with Gasteiger partial charge in [-0.05, 0) is 36.9 Å². The molecule has 0 aliphatic heterocycles. The van der Waals surface area contributed by atoms with Crippen molar-refractivity contribution in [1.29, 1.82) is 0 Å². The van der Waals surface area contributed by atoms with E-state index < -0.39 is 0 Å². The van der Waals surface area contributed by atoms with Crippen LogP contribution in [0.4, 0.5) is 0 Å². The van der Waals surface area contributed by atoms with Crippen LogP contribution < -0.4 is 5.32 Å². The van der Waals surface area contributed by atoms with E-state index >= 15 is 0 Å². The number of hydrogen-bond donors (Lipinski definition) is 1. The molecule has 1 aromatic heterocycles. The van der Waals surface area contributed by atoms with Crippen molar-refractivity contribution in [2.45, 2.75) is 46.1 Å². The lowest BCUT2D eigenvalue weighted by Gasteiger charge is -2.22. The van der Waals surface area contributed by atoms with Crippen molar-refractivity contribution in [3.05, 3.63) is 29.0 Å². The number of hydrogen-bond acceptors (Lipinski definition) is 2. The van der Waals surface area contributed by atoms with Gasteiger partial charge in [-0.25, -0.2) is 0 Å². The minimum Gasteiger partial charge on any atom is -0.310 e. The number of nitrogens with one attached hydrogen (secondary N) is 1. The molecule has 0 aliphatic rings. The number of nitrogens with zero attached hydrogens (tertiary/aromatic N) is 1. The fraction of sp³-hybridized carbons (Fsp3) is 0.643. The first-order valence-electron chi connectivity index (χ1n) is 6.51. The van der Waals surface area contributed by atoms with E-state index in [1.807, 2.05) is 12.3 Å². The number of pyridine rings is 1. The van der Waals surface area contributed by atoms with Gasteiger partial charge in [0.2, 0.25) is 0 Å². The maximum Gasteiger partial charge on any atom is 0.0637 e. The van der Waals surface area contributed by atoms with Gasteiger partial charge in [-0.3, -0.25) is 4.98 Å². The third-order valence-corrected chi connectivity index (χ3v) is 3.47. The standard InChI is InChI=1S/C14H23ClN2/c1-4-7-17-14(9-11(3)5-2)12-6-8-16-10-13(12)15/h6,8,10-11,14,17H,4-5,7,9H2,1-3H3. The minimum atomic E-state index is 0.348. The molecule has 0 saturated carbocycles. The normalized spacial score (nSPS) is 14.6. The van der Waals surface area contributed by atoms with Crippen molar-refractivity contribution in [2.24, 2.45) is 5.92 Å². The van der Waals surface area contributed by atoms with E-state index in [4.69, 9.17) is 11.6 Å². The van der Waals surface area contributed by atoms with Gasteiger partial charge in [0.25, 0.3) is 0 Å². The highest BCUT2D eigenvalue weighted by molar-refractivity contribution is 6.31. The predicted octanol–water partition coefficient (Wildman–Crippen LogP) is 4.21. The van der Waals surface area contributed by atoms with Gasteiger partial charge in [0.05, 0.1) is 5.02 Å². The van der Waals surface area contributed by atoms with E-state index in [0.717, 1.165) is 24.4 Å². The maximum atomic E-state index is 6.22. The van der Waals surface area contributed by atoms with Crippen LogP contribution >= 0.6 is 11.6 Å². The van der Waals surface area contributed by atoms with Gasteiger partial charge in [-0.1, -0.05) is 38.8 Å². The van der Waals surface area contributed by atoms with Crippen LogP contribution in [0.2, 0.25) is 5.02 Å². The molecule has 0 aromatic carbocycles. The summed E-state index contributed by atoms with van der Waals surface area (Å²) < 4.78 is 0. The van der Waals surface area contributed by atoms with Crippen molar-refractivity contribution in [3.8, 4) is 0 Å². The Balaban J connectivity index is 2.78. The molecule has 0 saturated heterocycles. The molecule has 0 aliphatic carbocycles. The van der Waals surface area contributed by atoms with Crippen LogP contribution in [0.5, 0.6) is 0 Å². The van der Waals surface area contributed by atoms with Crippen LogP contribution in [-0.4, -0.2) is 11.5 Å². The van der Waals surface area contributed by atoms with Gasteiger partial charge in [-0.15, -0.1) is 0 Å². The lowest BCUT2D eigenvalue weighted by molar-refractivity contribution is 0.402. The van der Waals surface area contributed by atoms with Gasteiger partial charge in [-0.2, -0.15) is 0 Å². The monoisotopic (exact) mass is 254 g/mol. The predicted molar refractivity (Wildman–Crippen MR) is 74.4 cm³/mol. The molecule has 2 nitrogen and oxygen atoms in total. The van der Waals surface area contributed by atoms with Crippen LogP contribution in [0.3, 0.4) is 0 Å². The maximum absolute atomic E-state index is 6.22. The van der Waals surface area contributed by atoms with Crippen LogP contribution in [0.25, 0.3) is 0 Å². The third kappa shape index (κ3) is 4.64. The van der Waals surface area contributed by atoms with Crippen molar-refractivity contribution in [1.82, 2.24) is 10.3 Å². The minimum absolute atomic E-state index is 0.348. The van der Waals surface area contributed by atoms with Gasteiger partial charge in [0.15, 0.2) is 0 Å². The summed E-state index contributed by atoms with van der Waals surface area (Å²) in [4.78, 5) is 4.05. The van der Waals surface area contributed by atoms with Crippen LogP contribution in [0.15, 0.2) is 18.5 Å². The molecular formula is C14H23ClN2. The Kier molecular flexibility index (Phi) is 6.53. The average molecular weight is 255 g/mol. The Morgan fingerprint density at radius 1 is 1.41 bits per heavy atom. The van der Waals surface area contributed by atoms with Gasteiger partial charge in [0, 0.05) is 18.4 Å². The molecule has 96 valence electrons. The van der Waals surface area contributed by atoms with Crippen molar-refractivity contribution in [3.63, 3.8) is 0 Å². The lowest BCUT2D eigenvalue weighted by Crippen LogP contribution is -2.24. The number of rotatable bonds is 7. The average Bonchev–Trinajstić information content (AvgIpc) is 2.35. The summed E-state index contributed by atoms with van der Waals surface area (Å²) in [7, 11) is 0. The second-order valence-electron chi connectivity index (χ2n) is 4.65. The molecule has 0 radical (unpaired) electrons. The van der Waals surface area contributed by atoms with E-state index in [-0.39, 0.29) is 0 Å². The Hall–Kier alpha value is -0.600. The van der Waals surface area contributed by atoms with Crippen LogP contribution in [-0.2, 0) is 0 Å². The Morgan fingerprint density at radius 2 is 2.18 bits per heavy atom. The fourth-order valence-electron chi connectivity index (χ4n) is 1.88. The van der Waals surface area contributed by atoms with E-state index in [9.17, 15) is 0 Å². The zero-order chi connectivity index (χ0) is 12.7. The molecule has 1 heterocycles. The number of halogens is 1. The quantitative estimate of drug-likeness (QED) is 0.788. The molecule has 0 amide bonds. The summed E-state index contributed by atoms with van der Waals surface area (Å²) >= 11 is 6.22. The van der Waals surface area contributed by atoms with Gasteiger partial charge >= 0.3 is 0 Å². The molecule has 2 atom stereocenters. The van der Waals surface area contributed by atoms with Crippen molar-refractivity contribution >= 4 is 11.6 Å². The highest BCUT2D eigenvalue weighted by Gasteiger charge is 2.16. The van der Waals surface area contributed by atoms with E-state index in [1.165, 1.54) is 12.0 Å². The first kappa shape index (κ1) is 14.5. The van der Waals surface area contributed by atoms with Gasteiger partial charge < -0.3 is 5.32 Å². The first-order valence-corrected chi connectivity index (χ1v) is 6.89. The Bertz CT molecular complexity index is 328. The third-order valence-electron chi connectivity index (χ3n) is 3.15. The lowest BCUT2D eigenvalue weighted by atomic mass is 9.94. The summed E-state index contributed by atoms with van der Waals surface area (Å²) in [5, 5.41) is 4.35. The Labute approximate surface area is 110 Å². The molecule has 17 heavy (non-hydrogen) atoms. The topological polar surface area (TPSA) is 24.9 Å². The summed E-state index contributed by atoms with van der Waals surface area (Å²) in [6, 6.07) is 2.37. The molecule has 1 aromatic rings. The molecule has 1 N–H and O–H groups in total. The van der Waals surface area contributed by atoms with E-state index in [0.29, 0.717) is 12.0 Å². The highest BCUT2D eigenvalue weighted by Crippen LogP contribution is 2.27.